The van der Waals surface area contributed by atoms with Crippen LogP contribution in [0.3, 0.4) is 0 Å². The van der Waals surface area contributed by atoms with Crippen molar-refractivity contribution in [1.29, 1.82) is 0 Å². The van der Waals surface area contributed by atoms with Crippen LogP contribution in [0.25, 0.3) is 60.5 Å². The zero-order chi connectivity index (χ0) is 32.9. The molecule has 234 valence electrons. The fraction of sp³-hybridized carbons (Fsp3) is 0.125. The normalized spacial score (nSPS) is 17.0. The first-order chi connectivity index (χ1) is 24.0. The Morgan fingerprint density at radius 1 is 0.531 bits per heavy atom. The number of para-hydroxylation sites is 1. The maximum absolute atomic E-state index is 2.47. The number of allylic oxidation sites excluding steroid dienone is 4. The van der Waals surface area contributed by atoms with Crippen molar-refractivity contribution in [1.82, 2.24) is 0 Å². The van der Waals surface area contributed by atoms with Crippen LogP contribution >= 0.6 is 0 Å². The van der Waals surface area contributed by atoms with E-state index in [2.05, 4.69) is 177 Å². The highest BCUT2D eigenvalue weighted by molar-refractivity contribution is 6.20. The first-order valence-electron chi connectivity index (χ1n) is 17.5. The number of nitrogens with zero attached hydrogens (tertiary/aromatic N) is 1. The Morgan fingerprint density at radius 3 is 2.06 bits per heavy atom. The summed E-state index contributed by atoms with van der Waals surface area (Å²) in [5.74, 6) is 0.360. The first kappa shape index (κ1) is 28.4. The van der Waals surface area contributed by atoms with Crippen LogP contribution in [0.2, 0.25) is 0 Å². The van der Waals surface area contributed by atoms with Crippen LogP contribution in [0.15, 0.2) is 157 Å². The Bertz CT molecular complexity index is 2560. The summed E-state index contributed by atoms with van der Waals surface area (Å²) in [4.78, 5) is 2.38. The van der Waals surface area contributed by atoms with Crippen LogP contribution < -0.4 is 4.90 Å². The molecular weight excluding hydrogens is 591 g/mol. The van der Waals surface area contributed by atoms with Gasteiger partial charge in [0.25, 0.3) is 0 Å². The van der Waals surface area contributed by atoms with E-state index in [-0.39, 0.29) is 5.41 Å². The van der Waals surface area contributed by atoms with Gasteiger partial charge < -0.3 is 4.90 Å². The monoisotopic (exact) mass is 627 g/mol. The second-order valence-electron chi connectivity index (χ2n) is 14.5. The Kier molecular flexibility index (Phi) is 6.03. The van der Waals surface area contributed by atoms with E-state index in [1.54, 1.807) is 0 Å². The van der Waals surface area contributed by atoms with Crippen molar-refractivity contribution < 1.29 is 0 Å². The standard InChI is InChI=1S/C48H37N/c1-48(2)42-19-11-9-15-34(42)39-28-32(22-25-43(39)48)47-37-18-8-7-17-36(37)46(38-24-21-31(27-41(38)47)30-13-5-4-6-14-30)33-23-26-45-40(29-33)35-16-10-12-20-44(35)49(45)3/h4-28,40H,29H2,1-3H3/t40-/m0/s1. The van der Waals surface area contributed by atoms with E-state index in [1.165, 1.54) is 94.1 Å². The molecule has 0 spiro atoms. The largest absolute Gasteiger partial charge is 0.347 e. The van der Waals surface area contributed by atoms with Crippen molar-refractivity contribution in [3.8, 4) is 33.4 Å². The SMILES string of the molecule is CN1C2=CC=C(c3c4ccccc4c(-c4ccc5c(c4)-c4ccccc4C5(C)C)c4cc(-c5ccccc5)ccc34)C[C@H]2c2ccccc21. The lowest BCUT2D eigenvalue weighted by Gasteiger charge is -2.26. The third-order valence-corrected chi connectivity index (χ3v) is 11.6. The molecule has 7 aromatic rings. The fourth-order valence-electron chi connectivity index (χ4n) is 9.24. The van der Waals surface area contributed by atoms with E-state index in [4.69, 9.17) is 0 Å². The minimum atomic E-state index is -0.0221. The van der Waals surface area contributed by atoms with E-state index in [9.17, 15) is 0 Å². The number of hydrogen-bond donors (Lipinski definition) is 0. The summed E-state index contributed by atoms with van der Waals surface area (Å²) >= 11 is 0. The number of rotatable bonds is 3. The molecule has 0 radical (unpaired) electrons. The van der Waals surface area contributed by atoms with Gasteiger partial charge in [0.15, 0.2) is 0 Å². The van der Waals surface area contributed by atoms with Gasteiger partial charge in [-0.15, -0.1) is 0 Å². The van der Waals surface area contributed by atoms with Crippen LogP contribution in [0.4, 0.5) is 5.69 Å². The Balaban J connectivity index is 1.25. The molecule has 0 saturated heterocycles. The summed E-state index contributed by atoms with van der Waals surface area (Å²) in [6.07, 6.45) is 5.75. The van der Waals surface area contributed by atoms with Crippen molar-refractivity contribution in [3.05, 3.63) is 180 Å². The quantitative estimate of drug-likeness (QED) is 0.176. The molecule has 0 N–H and O–H groups in total. The highest BCUT2D eigenvalue weighted by atomic mass is 15.1. The molecule has 0 aromatic heterocycles. The van der Waals surface area contributed by atoms with Crippen molar-refractivity contribution in [2.24, 2.45) is 0 Å². The number of benzene rings is 7. The average molecular weight is 628 g/mol. The minimum Gasteiger partial charge on any atom is -0.347 e. The molecule has 1 nitrogen and oxygen atoms in total. The van der Waals surface area contributed by atoms with Crippen molar-refractivity contribution in [2.45, 2.75) is 31.6 Å². The van der Waals surface area contributed by atoms with E-state index in [0.717, 1.165) is 6.42 Å². The maximum Gasteiger partial charge on any atom is 0.0445 e. The molecule has 1 aliphatic heterocycles. The summed E-state index contributed by atoms with van der Waals surface area (Å²) in [5, 5.41) is 5.25. The Hall–Kier alpha value is -5.66. The van der Waals surface area contributed by atoms with Gasteiger partial charge in [-0.25, -0.2) is 0 Å². The van der Waals surface area contributed by atoms with Crippen molar-refractivity contribution in [3.63, 3.8) is 0 Å². The predicted molar refractivity (Wildman–Crippen MR) is 208 cm³/mol. The molecule has 0 saturated carbocycles. The molecule has 0 amide bonds. The second kappa shape index (κ2) is 10.4. The van der Waals surface area contributed by atoms with Gasteiger partial charge in [-0.05, 0) is 113 Å². The topological polar surface area (TPSA) is 3.24 Å². The van der Waals surface area contributed by atoms with Crippen LogP contribution in [0.1, 0.15) is 48.4 Å². The molecule has 2 aliphatic carbocycles. The van der Waals surface area contributed by atoms with E-state index in [1.807, 2.05) is 0 Å². The van der Waals surface area contributed by atoms with Gasteiger partial charge in [0.05, 0.1) is 0 Å². The lowest BCUT2D eigenvalue weighted by molar-refractivity contribution is 0.660. The number of likely N-dealkylation sites (N-methyl/N-ethyl adjacent to an activating group) is 1. The van der Waals surface area contributed by atoms with Crippen LogP contribution in [-0.2, 0) is 5.41 Å². The number of fused-ring (bicyclic) bond motifs is 8. The first-order valence-corrected chi connectivity index (χ1v) is 17.5. The second-order valence-corrected chi connectivity index (χ2v) is 14.5. The zero-order valence-electron chi connectivity index (χ0n) is 28.2. The number of anilines is 1. The number of hydrogen-bond acceptors (Lipinski definition) is 1. The molecule has 1 atom stereocenters. The third kappa shape index (κ3) is 4.06. The van der Waals surface area contributed by atoms with Gasteiger partial charge >= 0.3 is 0 Å². The van der Waals surface area contributed by atoms with Gasteiger partial charge in [0.2, 0.25) is 0 Å². The smallest absolute Gasteiger partial charge is 0.0445 e. The molecule has 1 heteroatoms. The summed E-state index contributed by atoms with van der Waals surface area (Å²) in [6, 6.07) is 52.2. The van der Waals surface area contributed by atoms with E-state index >= 15 is 0 Å². The summed E-state index contributed by atoms with van der Waals surface area (Å²) in [7, 11) is 2.21. The lowest BCUT2D eigenvalue weighted by atomic mass is 9.79. The van der Waals surface area contributed by atoms with Gasteiger partial charge in [0.1, 0.15) is 0 Å². The Labute approximate surface area is 288 Å². The van der Waals surface area contributed by atoms with Gasteiger partial charge in [0, 0.05) is 29.8 Å². The van der Waals surface area contributed by atoms with Crippen molar-refractivity contribution >= 4 is 32.8 Å². The Morgan fingerprint density at radius 2 is 1.20 bits per heavy atom. The summed E-state index contributed by atoms with van der Waals surface area (Å²) in [6.45, 7) is 4.72. The van der Waals surface area contributed by atoms with Crippen LogP contribution in [-0.4, -0.2) is 7.05 Å². The summed E-state index contributed by atoms with van der Waals surface area (Å²) < 4.78 is 0. The zero-order valence-corrected chi connectivity index (χ0v) is 28.2. The summed E-state index contributed by atoms with van der Waals surface area (Å²) in [5.41, 5.74) is 17.5. The maximum atomic E-state index is 2.47. The van der Waals surface area contributed by atoms with Crippen LogP contribution in [0.5, 0.6) is 0 Å². The fourth-order valence-corrected chi connectivity index (χ4v) is 9.24. The van der Waals surface area contributed by atoms with Gasteiger partial charge in [-0.1, -0.05) is 141 Å². The molecule has 49 heavy (non-hydrogen) atoms. The van der Waals surface area contributed by atoms with E-state index < -0.39 is 0 Å². The van der Waals surface area contributed by atoms with Gasteiger partial charge in [-0.3, -0.25) is 0 Å². The highest BCUT2D eigenvalue weighted by Crippen LogP contribution is 2.53. The molecule has 0 unspecified atom stereocenters. The van der Waals surface area contributed by atoms with E-state index in [0.29, 0.717) is 5.92 Å². The molecule has 0 fully saturated rings. The van der Waals surface area contributed by atoms with Crippen LogP contribution in [0, 0.1) is 0 Å². The highest BCUT2D eigenvalue weighted by Gasteiger charge is 2.36. The average Bonchev–Trinajstić information content (AvgIpc) is 3.56. The molecular formula is C48H37N. The van der Waals surface area contributed by atoms with Crippen molar-refractivity contribution in [2.75, 3.05) is 11.9 Å². The minimum absolute atomic E-state index is 0.0221. The van der Waals surface area contributed by atoms with Gasteiger partial charge in [-0.2, -0.15) is 0 Å². The molecule has 0 bridgehead atoms. The molecule has 3 aliphatic rings. The molecule has 7 aromatic carbocycles. The third-order valence-electron chi connectivity index (χ3n) is 11.6. The molecule has 1 heterocycles. The predicted octanol–water partition coefficient (Wildman–Crippen LogP) is 12.5. The lowest BCUT2D eigenvalue weighted by Crippen LogP contribution is -2.15. The molecule has 10 rings (SSSR count).